The average molecular weight is 203 g/mol. The SMILES string of the molecule is CC1CCCN(c2cccc(C=O)c2)C1. The molecular weight excluding hydrogens is 186 g/mol. The molecule has 0 aromatic heterocycles. The van der Waals surface area contributed by atoms with Gasteiger partial charge >= 0.3 is 0 Å². The van der Waals surface area contributed by atoms with Crippen molar-refractivity contribution in [3.05, 3.63) is 29.8 Å². The fraction of sp³-hybridized carbons (Fsp3) is 0.462. The highest BCUT2D eigenvalue weighted by Gasteiger charge is 2.16. The highest BCUT2D eigenvalue weighted by Crippen LogP contribution is 2.23. The van der Waals surface area contributed by atoms with Gasteiger partial charge in [-0.25, -0.2) is 0 Å². The normalized spacial score (nSPS) is 21.4. The van der Waals surface area contributed by atoms with Crippen LogP contribution in [0.5, 0.6) is 0 Å². The van der Waals surface area contributed by atoms with Crippen molar-refractivity contribution in [3.63, 3.8) is 0 Å². The number of anilines is 1. The summed E-state index contributed by atoms with van der Waals surface area (Å²) in [6, 6.07) is 7.87. The molecule has 1 aliphatic rings. The molecule has 0 bridgehead atoms. The summed E-state index contributed by atoms with van der Waals surface area (Å²) in [6.45, 7) is 4.52. The lowest BCUT2D eigenvalue weighted by Gasteiger charge is -2.32. The molecule has 1 aromatic rings. The van der Waals surface area contributed by atoms with Crippen molar-refractivity contribution in [1.82, 2.24) is 0 Å². The van der Waals surface area contributed by atoms with Crippen LogP contribution in [-0.4, -0.2) is 19.4 Å². The highest BCUT2D eigenvalue weighted by molar-refractivity contribution is 5.77. The van der Waals surface area contributed by atoms with Crippen molar-refractivity contribution in [2.24, 2.45) is 5.92 Å². The first-order chi connectivity index (χ1) is 7.29. The molecule has 0 spiro atoms. The number of hydrogen-bond donors (Lipinski definition) is 0. The van der Waals surface area contributed by atoms with Crippen LogP contribution in [0, 0.1) is 5.92 Å². The molecule has 0 saturated carbocycles. The third-order valence-corrected chi connectivity index (χ3v) is 3.03. The van der Waals surface area contributed by atoms with Crippen molar-refractivity contribution in [2.75, 3.05) is 18.0 Å². The van der Waals surface area contributed by atoms with E-state index in [9.17, 15) is 4.79 Å². The van der Waals surface area contributed by atoms with Gasteiger partial charge in [0, 0.05) is 24.3 Å². The quantitative estimate of drug-likeness (QED) is 0.689. The zero-order valence-electron chi connectivity index (χ0n) is 9.15. The number of carbonyl (C=O) groups excluding carboxylic acids is 1. The number of hydrogen-bond acceptors (Lipinski definition) is 2. The number of nitrogens with zero attached hydrogens (tertiary/aromatic N) is 1. The first-order valence-corrected chi connectivity index (χ1v) is 5.60. The third-order valence-electron chi connectivity index (χ3n) is 3.03. The Morgan fingerprint density at radius 1 is 1.47 bits per heavy atom. The van der Waals surface area contributed by atoms with Crippen molar-refractivity contribution in [3.8, 4) is 0 Å². The maximum atomic E-state index is 10.7. The molecule has 1 heterocycles. The second kappa shape index (κ2) is 4.47. The first-order valence-electron chi connectivity index (χ1n) is 5.60. The number of aldehydes is 1. The summed E-state index contributed by atoms with van der Waals surface area (Å²) in [4.78, 5) is 13.1. The molecule has 0 N–H and O–H groups in total. The predicted molar refractivity (Wildman–Crippen MR) is 62.4 cm³/mol. The Morgan fingerprint density at radius 3 is 3.07 bits per heavy atom. The van der Waals surface area contributed by atoms with Crippen LogP contribution >= 0.6 is 0 Å². The first kappa shape index (κ1) is 10.2. The number of piperidine rings is 1. The van der Waals surface area contributed by atoms with Gasteiger partial charge in [-0.15, -0.1) is 0 Å². The maximum Gasteiger partial charge on any atom is 0.150 e. The summed E-state index contributed by atoms with van der Waals surface area (Å²) in [6.07, 6.45) is 3.49. The molecule has 1 fully saturated rings. The molecule has 80 valence electrons. The highest BCUT2D eigenvalue weighted by atomic mass is 16.1. The molecule has 1 aromatic carbocycles. The zero-order chi connectivity index (χ0) is 10.7. The minimum absolute atomic E-state index is 0.763. The minimum atomic E-state index is 0.763. The molecule has 2 nitrogen and oxygen atoms in total. The molecule has 0 radical (unpaired) electrons. The van der Waals surface area contributed by atoms with E-state index >= 15 is 0 Å². The third kappa shape index (κ3) is 2.38. The fourth-order valence-electron chi connectivity index (χ4n) is 2.22. The van der Waals surface area contributed by atoms with Crippen molar-refractivity contribution >= 4 is 12.0 Å². The van der Waals surface area contributed by atoms with Crippen LogP contribution in [0.2, 0.25) is 0 Å². The maximum absolute atomic E-state index is 10.7. The van der Waals surface area contributed by atoms with Crippen LogP contribution < -0.4 is 4.90 Å². The zero-order valence-corrected chi connectivity index (χ0v) is 9.15. The van der Waals surface area contributed by atoms with Gasteiger partial charge < -0.3 is 4.90 Å². The van der Waals surface area contributed by atoms with E-state index in [1.807, 2.05) is 18.2 Å². The van der Waals surface area contributed by atoms with Crippen LogP contribution in [0.15, 0.2) is 24.3 Å². The smallest absolute Gasteiger partial charge is 0.150 e. The minimum Gasteiger partial charge on any atom is -0.371 e. The molecule has 1 unspecified atom stereocenters. The van der Waals surface area contributed by atoms with E-state index in [-0.39, 0.29) is 0 Å². The van der Waals surface area contributed by atoms with Gasteiger partial charge in [0.2, 0.25) is 0 Å². The van der Waals surface area contributed by atoms with E-state index in [4.69, 9.17) is 0 Å². The Kier molecular flexibility index (Phi) is 3.05. The van der Waals surface area contributed by atoms with E-state index in [1.54, 1.807) is 0 Å². The lowest BCUT2D eigenvalue weighted by Crippen LogP contribution is -2.34. The van der Waals surface area contributed by atoms with E-state index in [2.05, 4.69) is 17.9 Å². The molecule has 2 rings (SSSR count). The fourth-order valence-corrected chi connectivity index (χ4v) is 2.22. The van der Waals surface area contributed by atoms with Crippen molar-refractivity contribution in [2.45, 2.75) is 19.8 Å². The average Bonchev–Trinajstić information content (AvgIpc) is 2.29. The van der Waals surface area contributed by atoms with E-state index in [1.165, 1.54) is 18.5 Å². The standard InChI is InChI=1S/C13H17NO/c1-11-4-3-7-14(9-11)13-6-2-5-12(8-13)10-15/h2,5-6,8,10-11H,3-4,7,9H2,1H3. The Labute approximate surface area is 90.9 Å². The van der Waals surface area contributed by atoms with E-state index in [0.29, 0.717) is 0 Å². The van der Waals surface area contributed by atoms with Crippen molar-refractivity contribution in [1.29, 1.82) is 0 Å². The largest absolute Gasteiger partial charge is 0.371 e. The molecular formula is C13H17NO. The Hall–Kier alpha value is -1.31. The summed E-state index contributed by atoms with van der Waals surface area (Å²) in [5.41, 5.74) is 1.96. The molecule has 1 aliphatic heterocycles. The van der Waals surface area contributed by atoms with Gasteiger partial charge in [-0.2, -0.15) is 0 Å². The Balaban J connectivity index is 2.17. The van der Waals surface area contributed by atoms with E-state index < -0.39 is 0 Å². The second-order valence-electron chi connectivity index (χ2n) is 4.41. The summed E-state index contributed by atoms with van der Waals surface area (Å²) in [5.74, 6) is 0.763. The summed E-state index contributed by atoms with van der Waals surface area (Å²) in [7, 11) is 0. The van der Waals surface area contributed by atoms with Crippen LogP contribution in [-0.2, 0) is 0 Å². The molecule has 1 atom stereocenters. The molecule has 0 aliphatic carbocycles. The van der Waals surface area contributed by atoms with Gasteiger partial charge in [0.25, 0.3) is 0 Å². The van der Waals surface area contributed by atoms with Crippen LogP contribution in [0.4, 0.5) is 5.69 Å². The van der Waals surface area contributed by atoms with Crippen LogP contribution in [0.1, 0.15) is 30.1 Å². The monoisotopic (exact) mass is 203 g/mol. The van der Waals surface area contributed by atoms with E-state index in [0.717, 1.165) is 30.9 Å². The lowest BCUT2D eigenvalue weighted by molar-refractivity contribution is 0.112. The molecule has 1 saturated heterocycles. The summed E-state index contributed by atoms with van der Waals surface area (Å²) >= 11 is 0. The van der Waals surface area contributed by atoms with Crippen LogP contribution in [0.3, 0.4) is 0 Å². The number of carbonyl (C=O) groups is 1. The van der Waals surface area contributed by atoms with Gasteiger partial charge in [0.15, 0.2) is 0 Å². The topological polar surface area (TPSA) is 20.3 Å². The molecule has 15 heavy (non-hydrogen) atoms. The van der Waals surface area contributed by atoms with Gasteiger partial charge in [0.1, 0.15) is 6.29 Å². The predicted octanol–water partition coefficient (Wildman–Crippen LogP) is 2.74. The van der Waals surface area contributed by atoms with Crippen molar-refractivity contribution < 1.29 is 4.79 Å². The number of rotatable bonds is 2. The Bertz CT molecular complexity index is 348. The lowest BCUT2D eigenvalue weighted by atomic mass is 9.99. The number of benzene rings is 1. The summed E-state index contributed by atoms with van der Waals surface area (Å²) < 4.78 is 0. The van der Waals surface area contributed by atoms with Gasteiger partial charge in [0.05, 0.1) is 0 Å². The summed E-state index contributed by atoms with van der Waals surface area (Å²) in [5, 5.41) is 0. The second-order valence-corrected chi connectivity index (χ2v) is 4.41. The Morgan fingerprint density at radius 2 is 2.33 bits per heavy atom. The van der Waals surface area contributed by atoms with Gasteiger partial charge in [-0.05, 0) is 30.9 Å². The van der Waals surface area contributed by atoms with Gasteiger partial charge in [-0.1, -0.05) is 19.1 Å². The van der Waals surface area contributed by atoms with Gasteiger partial charge in [-0.3, -0.25) is 4.79 Å². The molecule has 0 amide bonds. The molecule has 2 heteroatoms. The van der Waals surface area contributed by atoms with Crippen LogP contribution in [0.25, 0.3) is 0 Å².